The van der Waals surface area contributed by atoms with Crippen molar-refractivity contribution in [2.75, 3.05) is 31.1 Å². The summed E-state index contributed by atoms with van der Waals surface area (Å²) in [5.74, 6) is 1.20. The summed E-state index contributed by atoms with van der Waals surface area (Å²) in [5.41, 5.74) is -0.873. The predicted octanol–water partition coefficient (Wildman–Crippen LogP) is 1.15. The normalized spacial score (nSPS) is 27.6. The third kappa shape index (κ3) is 2.03. The van der Waals surface area contributed by atoms with Crippen LogP contribution in [0.1, 0.15) is 5.69 Å². The quantitative estimate of drug-likeness (QED) is 0.820. The molecule has 2 fully saturated rings. The maximum Gasteiger partial charge on any atom is 0.433 e. The van der Waals surface area contributed by atoms with Gasteiger partial charge in [-0.1, -0.05) is 0 Å². The molecule has 0 saturated carbocycles. The van der Waals surface area contributed by atoms with E-state index in [1.165, 1.54) is 6.20 Å². The zero-order chi connectivity index (χ0) is 12.8. The summed E-state index contributed by atoms with van der Waals surface area (Å²) in [6.45, 7) is 3.33. The number of nitrogens with zero attached hydrogens (tertiary/aromatic N) is 3. The van der Waals surface area contributed by atoms with E-state index >= 15 is 0 Å². The van der Waals surface area contributed by atoms with Gasteiger partial charge in [0, 0.05) is 32.4 Å². The minimum absolute atomic E-state index is 0.194. The number of hydrogen-bond donors (Lipinski definition) is 1. The van der Waals surface area contributed by atoms with Crippen molar-refractivity contribution in [2.45, 2.75) is 6.18 Å². The molecule has 2 saturated heterocycles. The van der Waals surface area contributed by atoms with Crippen LogP contribution in [-0.4, -0.2) is 36.1 Å². The molecule has 0 bridgehead atoms. The van der Waals surface area contributed by atoms with Crippen LogP contribution in [0.15, 0.2) is 12.3 Å². The lowest BCUT2D eigenvalue weighted by Gasteiger charge is -2.18. The van der Waals surface area contributed by atoms with Gasteiger partial charge in [-0.3, -0.25) is 0 Å². The molecule has 98 valence electrons. The summed E-state index contributed by atoms with van der Waals surface area (Å²) in [6, 6.07) is 0.905. The molecular weight excluding hydrogens is 245 g/mol. The van der Waals surface area contributed by atoms with Gasteiger partial charge in [0.05, 0.1) is 0 Å². The predicted molar refractivity (Wildman–Crippen MR) is 59.1 cm³/mol. The average Bonchev–Trinajstić information content (AvgIpc) is 2.88. The molecule has 7 heteroatoms. The van der Waals surface area contributed by atoms with Gasteiger partial charge in [-0.15, -0.1) is 0 Å². The monoisotopic (exact) mass is 258 g/mol. The molecule has 2 atom stereocenters. The maximum absolute atomic E-state index is 12.6. The summed E-state index contributed by atoms with van der Waals surface area (Å²) in [6.07, 6.45) is -3.23. The van der Waals surface area contributed by atoms with Crippen molar-refractivity contribution in [3.05, 3.63) is 18.0 Å². The van der Waals surface area contributed by atoms with E-state index in [-0.39, 0.29) is 5.95 Å². The third-order valence-electron chi connectivity index (χ3n) is 3.61. The number of hydrogen-bond acceptors (Lipinski definition) is 4. The first-order valence-corrected chi connectivity index (χ1v) is 5.90. The Morgan fingerprint density at radius 3 is 2.50 bits per heavy atom. The van der Waals surface area contributed by atoms with Crippen molar-refractivity contribution in [3.8, 4) is 0 Å². The van der Waals surface area contributed by atoms with Crippen LogP contribution in [0.5, 0.6) is 0 Å². The lowest BCUT2D eigenvalue weighted by Crippen LogP contribution is -2.27. The summed E-state index contributed by atoms with van der Waals surface area (Å²) < 4.78 is 37.7. The molecule has 3 rings (SSSR count). The smallest absolute Gasteiger partial charge is 0.340 e. The Morgan fingerprint density at radius 1 is 1.22 bits per heavy atom. The van der Waals surface area contributed by atoms with Crippen molar-refractivity contribution in [1.82, 2.24) is 15.3 Å². The molecule has 1 N–H and O–H groups in total. The fraction of sp³-hybridized carbons (Fsp3) is 0.636. The van der Waals surface area contributed by atoms with Crippen LogP contribution < -0.4 is 10.2 Å². The Morgan fingerprint density at radius 2 is 1.89 bits per heavy atom. The van der Waals surface area contributed by atoms with Gasteiger partial charge in [0.2, 0.25) is 5.95 Å². The Kier molecular flexibility index (Phi) is 2.65. The third-order valence-corrected chi connectivity index (χ3v) is 3.61. The largest absolute Gasteiger partial charge is 0.433 e. The van der Waals surface area contributed by atoms with Gasteiger partial charge in [0.25, 0.3) is 0 Å². The number of nitrogens with one attached hydrogen (secondary N) is 1. The van der Waals surface area contributed by atoms with E-state index in [2.05, 4.69) is 15.3 Å². The molecule has 1 aromatic rings. The van der Waals surface area contributed by atoms with Gasteiger partial charge in [-0.25, -0.2) is 9.97 Å². The lowest BCUT2D eigenvalue weighted by molar-refractivity contribution is -0.141. The van der Waals surface area contributed by atoms with Crippen LogP contribution in [0.3, 0.4) is 0 Å². The number of aromatic nitrogens is 2. The molecule has 0 aliphatic carbocycles. The van der Waals surface area contributed by atoms with Gasteiger partial charge < -0.3 is 10.2 Å². The van der Waals surface area contributed by atoms with Crippen LogP contribution >= 0.6 is 0 Å². The van der Waals surface area contributed by atoms with Crippen molar-refractivity contribution < 1.29 is 13.2 Å². The Hall–Kier alpha value is -1.37. The first-order chi connectivity index (χ1) is 8.54. The summed E-state index contributed by atoms with van der Waals surface area (Å²) in [4.78, 5) is 9.43. The molecule has 4 nitrogen and oxygen atoms in total. The number of anilines is 1. The van der Waals surface area contributed by atoms with Gasteiger partial charge in [0.1, 0.15) is 5.69 Å². The molecule has 1 aromatic heterocycles. The van der Waals surface area contributed by atoms with E-state index in [0.29, 0.717) is 11.8 Å². The molecule has 2 unspecified atom stereocenters. The van der Waals surface area contributed by atoms with E-state index in [9.17, 15) is 13.2 Å². The van der Waals surface area contributed by atoms with Gasteiger partial charge >= 0.3 is 6.18 Å². The minimum Gasteiger partial charge on any atom is -0.340 e. The van der Waals surface area contributed by atoms with Crippen molar-refractivity contribution in [1.29, 1.82) is 0 Å². The van der Waals surface area contributed by atoms with Crippen LogP contribution in [-0.2, 0) is 6.18 Å². The summed E-state index contributed by atoms with van der Waals surface area (Å²) in [7, 11) is 0. The summed E-state index contributed by atoms with van der Waals surface area (Å²) >= 11 is 0. The van der Waals surface area contributed by atoms with E-state index in [1.54, 1.807) is 0 Å². The molecule has 2 aliphatic rings. The second kappa shape index (κ2) is 4.08. The number of halogens is 3. The highest BCUT2D eigenvalue weighted by atomic mass is 19.4. The van der Waals surface area contributed by atoms with E-state index in [4.69, 9.17) is 0 Å². The highest BCUT2D eigenvalue weighted by molar-refractivity contribution is 5.33. The van der Waals surface area contributed by atoms with Crippen molar-refractivity contribution >= 4 is 5.95 Å². The molecule has 0 spiro atoms. The second-order valence-electron chi connectivity index (χ2n) is 4.82. The van der Waals surface area contributed by atoms with Gasteiger partial charge in [0.15, 0.2) is 0 Å². The molecule has 0 amide bonds. The zero-order valence-corrected chi connectivity index (χ0v) is 9.61. The molecule has 2 aliphatic heterocycles. The lowest BCUT2D eigenvalue weighted by atomic mass is 10.0. The zero-order valence-electron chi connectivity index (χ0n) is 9.61. The van der Waals surface area contributed by atoms with Crippen LogP contribution in [0.4, 0.5) is 19.1 Å². The maximum atomic E-state index is 12.6. The Balaban J connectivity index is 1.81. The molecular formula is C11H13F3N4. The average molecular weight is 258 g/mol. The molecule has 0 radical (unpaired) electrons. The van der Waals surface area contributed by atoms with Crippen LogP contribution in [0.2, 0.25) is 0 Å². The van der Waals surface area contributed by atoms with Gasteiger partial charge in [-0.05, 0) is 17.9 Å². The first kappa shape index (κ1) is 11.7. The van der Waals surface area contributed by atoms with Crippen molar-refractivity contribution in [3.63, 3.8) is 0 Å². The van der Waals surface area contributed by atoms with Gasteiger partial charge in [-0.2, -0.15) is 13.2 Å². The topological polar surface area (TPSA) is 41.1 Å². The van der Waals surface area contributed by atoms with Crippen LogP contribution in [0.25, 0.3) is 0 Å². The highest BCUT2D eigenvalue weighted by Gasteiger charge is 2.38. The second-order valence-corrected chi connectivity index (χ2v) is 4.82. The SMILES string of the molecule is FC(F)(F)c1ccnc(N2CC3CNCC3C2)n1. The number of rotatable bonds is 1. The highest BCUT2D eigenvalue weighted by Crippen LogP contribution is 2.31. The first-order valence-electron chi connectivity index (χ1n) is 5.90. The van der Waals surface area contributed by atoms with Crippen molar-refractivity contribution in [2.24, 2.45) is 11.8 Å². The Bertz CT molecular complexity index is 436. The van der Waals surface area contributed by atoms with E-state index < -0.39 is 11.9 Å². The molecule has 3 heterocycles. The summed E-state index contributed by atoms with van der Waals surface area (Å²) in [5, 5.41) is 3.28. The standard InChI is InChI=1S/C11H13F3N4/c12-11(13,14)9-1-2-16-10(17-9)18-5-7-3-15-4-8(7)6-18/h1-2,7-8,15H,3-6H2. The fourth-order valence-corrected chi connectivity index (χ4v) is 2.68. The molecule has 18 heavy (non-hydrogen) atoms. The fourth-order valence-electron chi connectivity index (χ4n) is 2.68. The van der Waals surface area contributed by atoms with E-state index in [1.807, 2.05) is 4.90 Å². The molecule has 0 aromatic carbocycles. The number of fused-ring (bicyclic) bond motifs is 1. The Labute approximate surface area is 102 Å². The number of alkyl halides is 3. The minimum atomic E-state index is -4.41. The van der Waals surface area contributed by atoms with E-state index in [0.717, 1.165) is 32.2 Å². The van der Waals surface area contributed by atoms with Crippen LogP contribution in [0, 0.1) is 11.8 Å².